The summed E-state index contributed by atoms with van der Waals surface area (Å²) >= 11 is 1.70. The molecular weight excluding hydrogens is 320 g/mol. The van der Waals surface area contributed by atoms with Crippen LogP contribution in [0.25, 0.3) is 11.0 Å². The smallest absolute Gasteiger partial charge is 0.0959 e. The Bertz CT molecular complexity index is 839. The Morgan fingerprint density at radius 3 is 2.67 bits per heavy atom. The predicted molar refractivity (Wildman–Crippen MR) is 98.4 cm³/mol. The summed E-state index contributed by atoms with van der Waals surface area (Å²) in [5, 5.41) is 11.5. The Kier molecular flexibility index (Phi) is 4.99. The molecular formula is C18H24N4OS. The maximum Gasteiger partial charge on any atom is 0.0959 e. The van der Waals surface area contributed by atoms with Crippen LogP contribution in [0, 0.1) is 20.8 Å². The van der Waals surface area contributed by atoms with Crippen molar-refractivity contribution in [3.63, 3.8) is 0 Å². The van der Waals surface area contributed by atoms with E-state index < -0.39 is 6.10 Å². The molecule has 0 aliphatic carbocycles. The highest BCUT2D eigenvalue weighted by atomic mass is 32.1. The van der Waals surface area contributed by atoms with Crippen LogP contribution in [0.15, 0.2) is 24.7 Å². The second kappa shape index (κ2) is 7.01. The van der Waals surface area contributed by atoms with E-state index in [1.807, 2.05) is 31.1 Å². The van der Waals surface area contributed by atoms with E-state index in [-0.39, 0.29) is 0 Å². The highest BCUT2D eigenvalue weighted by Crippen LogP contribution is 2.19. The molecule has 0 fully saturated rings. The van der Waals surface area contributed by atoms with Crippen LogP contribution in [0.5, 0.6) is 0 Å². The molecule has 2 aromatic heterocycles. The van der Waals surface area contributed by atoms with E-state index in [9.17, 15) is 5.11 Å². The first-order valence-corrected chi connectivity index (χ1v) is 8.94. The third-order valence-corrected chi connectivity index (χ3v) is 5.16. The largest absolute Gasteiger partial charge is 0.390 e. The lowest BCUT2D eigenvalue weighted by Gasteiger charge is -2.20. The lowest BCUT2D eigenvalue weighted by Crippen LogP contribution is -2.31. The van der Waals surface area contributed by atoms with Gasteiger partial charge in [0.25, 0.3) is 0 Å². The van der Waals surface area contributed by atoms with Crippen molar-refractivity contribution >= 4 is 22.4 Å². The molecule has 0 bridgehead atoms. The second-order valence-electron chi connectivity index (χ2n) is 6.52. The third kappa shape index (κ3) is 3.83. The molecule has 128 valence electrons. The molecule has 0 aliphatic heterocycles. The van der Waals surface area contributed by atoms with Gasteiger partial charge in [0.1, 0.15) is 0 Å². The Balaban J connectivity index is 1.64. The van der Waals surface area contributed by atoms with Crippen LogP contribution in [0.3, 0.4) is 0 Å². The normalized spacial score (nSPS) is 13.1. The van der Waals surface area contributed by atoms with Gasteiger partial charge in [-0.15, -0.1) is 11.3 Å². The van der Waals surface area contributed by atoms with E-state index in [1.165, 1.54) is 16.0 Å². The minimum Gasteiger partial charge on any atom is -0.390 e. The van der Waals surface area contributed by atoms with Crippen LogP contribution < -0.4 is 0 Å². The molecule has 3 rings (SSSR count). The van der Waals surface area contributed by atoms with Gasteiger partial charge in [0.2, 0.25) is 0 Å². The van der Waals surface area contributed by atoms with Gasteiger partial charge in [0.15, 0.2) is 0 Å². The molecule has 24 heavy (non-hydrogen) atoms. The fourth-order valence-electron chi connectivity index (χ4n) is 2.91. The van der Waals surface area contributed by atoms with Crippen molar-refractivity contribution < 1.29 is 5.11 Å². The lowest BCUT2D eigenvalue weighted by molar-refractivity contribution is 0.108. The highest BCUT2D eigenvalue weighted by molar-refractivity contribution is 7.11. The number of rotatable bonds is 6. The fourth-order valence-corrected chi connectivity index (χ4v) is 3.79. The van der Waals surface area contributed by atoms with Crippen LogP contribution in [0.1, 0.15) is 21.0 Å². The van der Waals surface area contributed by atoms with Crippen molar-refractivity contribution in [2.75, 3.05) is 13.6 Å². The number of aliphatic hydroxyl groups excluding tert-OH is 1. The molecule has 1 atom stereocenters. The van der Waals surface area contributed by atoms with Crippen molar-refractivity contribution in [2.45, 2.75) is 40.0 Å². The number of aryl methyl sites for hydroxylation is 3. The Morgan fingerprint density at radius 1 is 1.21 bits per heavy atom. The third-order valence-electron chi connectivity index (χ3n) is 4.26. The van der Waals surface area contributed by atoms with Gasteiger partial charge in [-0.1, -0.05) is 0 Å². The zero-order valence-electron chi connectivity index (χ0n) is 14.7. The van der Waals surface area contributed by atoms with Crippen LogP contribution in [-0.4, -0.2) is 44.2 Å². The second-order valence-corrected chi connectivity index (χ2v) is 7.84. The van der Waals surface area contributed by atoms with Gasteiger partial charge in [-0.05, 0) is 51.1 Å². The first kappa shape index (κ1) is 17.1. The van der Waals surface area contributed by atoms with Gasteiger partial charge < -0.3 is 9.67 Å². The molecule has 0 unspecified atom stereocenters. The number of likely N-dealkylation sites (N-methyl/N-ethyl adjacent to an activating group) is 1. The molecule has 0 aliphatic rings. The van der Waals surface area contributed by atoms with E-state index >= 15 is 0 Å². The van der Waals surface area contributed by atoms with Gasteiger partial charge in [-0.3, -0.25) is 4.90 Å². The number of thiazole rings is 1. The van der Waals surface area contributed by atoms with Gasteiger partial charge in [-0.2, -0.15) is 0 Å². The SMILES string of the molecule is Cc1ncc(CN(C)C[C@H](O)Cn2cnc3cc(C)c(C)cc32)s1. The van der Waals surface area contributed by atoms with E-state index in [4.69, 9.17) is 0 Å². The molecule has 1 aromatic carbocycles. The number of hydrogen-bond acceptors (Lipinski definition) is 5. The summed E-state index contributed by atoms with van der Waals surface area (Å²) in [4.78, 5) is 12.1. The lowest BCUT2D eigenvalue weighted by atomic mass is 10.1. The number of imidazole rings is 1. The molecule has 0 saturated carbocycles. The molecule has 0 amide bonds. The maximum absolute atomic E-state index is 10.5. The fraction of sp³-hybridized carbons (Fsp3) is 0.444. The Hall–Kier alpha value is -1.76. The number of benzene rings is 1. The summed E-state index contributed by atoms with van der Waals surface area (Å²) in [6.07, 6.45) is 3.29. The Labute approximate surface area is 146 Å². The van der Waals surface area contributed by atoms with Crippen molar-refractivity contribution in [3.05, 3.63) is 45.7 Å². The summed E-state index contributed by atoms with van der Waals surface area (Å²) in [5.74, 6) is 0. The molecule has 1 N–H and O–H groups in total. The molecule has 6 heteroatoms. The Morgan fingerprint density at radius 2 is 1.96 bits per heavy atom. The summed E-state index contributed by atoms with van der Waals surface area (Å²) in [5.41, 5.74) is 4.56. The first-order valence-electron chi connectivity index (χ1n) is 8.12. The molecule has 5 nitrogen and oxygen atoms in total. The van der Waals surface area contributed by atoms with Crippen molar-refractivity contribution in [1.29, 1.82) is 0 Å². The van der Waals surface area contributed by atoms with E-state index in [0.29, 0.717) is 13.1 Å². The molecule has 3 aromatic rings. The maximum atomic E-state index is 10.5. The zero-order valence-corrected chi connectivity index (χ0v) is 15.5. The van der Waals surface area contributed by atoms with Gasteiger partial charge in [0.05, 0.1) is 35.0 Å². The molecule has 0 radical (unpaired) electrons. The van der Waals surface area contributed by atoms with E-state index in [2.05, 4.69) is 40.8 Å². The monoisotopic (exact) mass is 344 g/mol. The van der Waals surface area contributed by atoms with Crippen molar-refractivity contribution in [1.82, 2.24) is 19.4 Å². The minimum atomic E-state index is -0.442. The highest BCUT2D eigenvalue weighted by Gasteiger charge is 2.13. The van der Waals surface area contributed by atoms with Crippen LogP contribution in [0.2, 0.25) is 0 Å². The van der Waals surface area contributed by atoms with Crippen LogP contribution >= 0.6 is 11.3 Å². The number of fused-ring (bicyclic) bond motifs is 1. The average molecular weight is 344 g/mol. The molecule has 0 saturated heterocycles. The number of aliphatic hydroxyl groups is 1. The first-order chi connectivity index (χ1) is 11.4. The van der Waals surface area contributed by atoms with E-state index in [1.54, 1.807) is 11.3 Å². The van der Waals surface area contributed by atoms with Gasteiger partial charge in [-0.25, -0.2) is 9.97 Å². The summed E-state index contributed by atoms with van der Waals surface area (Å²) in [7, 11) is 2.03. The summed E-state index contributed by atoms with van der Waals surface area (Å²) in [6.45, 7) is 8.18. The number of nitrogens with zero attached hydrogens (tertiary/aromatic N) is 4. The zero-order chi connectivity index (χ0) is 17.3. The number of hydrogen-bond donors (Lipinski definition) is 1. The minimum absolute atomic E-state index is 0.442. The summed E-state index contributed by atoms with van der Waals surface area (Å²) < 4.78 is 2.04. The quantitative estimate of drug-likeness (QED) is 0.747. The molecule has 2 heterocycles. The predicted octanol–water partition coefficient (Wildman–Crippen LogP) is 2.91. The summed E-state index contributed by atoms with van der Waals surface area (Å²) in [6, 6.07) is 4.25. The van der Waals surface area contributed by atoms with Gasteiger partial charge >= 0.3 is 0 Å². The average Bonchev–Trinajstić information content (AvgIpc) is 3.07. The van der Waals surface area contributed by atoms with Crippen LogP contribution in [0.4, 0.5) is 0 Å². The van der Waals surface area contributed by atoms with E-state index in [0.717, 1.165) is 22.6 Å². The number of aromatic nitrogens is 3. The topological polar surface area (TPSA) is 54.2 Å². The van der Waals surface area contributed by atoms with Crippen LogP contribution in [-0.2, 0) is 13.1 Å². The van der Waals surface area contributed by atoms with Crippen molar-refractivity contribution in [3.8, 4) is 0 Å². The molecule has 0 spiro atoms. The van der Waals surface area contributed by atoms with Crippen molar-refractivity contribution in [2.24, 2.45) is 0 Å². The van der Waals surface area contributed by atoms with Gasteiger partial charge in [0, 0.05) is 24.2 Å². The standard InChI is InChI=1S/C18H24N4OS/c1-12-5-17-18(6-13(12)2)22(11-20-17)9-15(23)8-21(4)10-16-7-19-14(3)24-16/h5-7,11,15,23H,8-10H2,1-4H3/t15-/m0/s1.